The number of hydrogen-bond donors (Lipinski definition) is 3. The molecule has 2 aromatic heterocycles. The number of ether oxygens (including phenoxy) is 2. The third-order valence-electron chi connectivity index (χ3n) is 5.07. The zero-order valence-corrected chi connectivity index (χ0v) is 19.2. The van der Waals surface area contributed by atoms with E-state index in [4.69, 9.17) is 15.2 Å². The highest BCUT2D eigenvalue weighted by atomic mass is 16.5. The number of aryl methyl sites for hydroxylation is 2. The molecule has 4 N–H and O–H groups in total. The number of carbonyl (C=O) groups is 1. The van der Waals surface area contributed by atoms with Crippen LogP contribution in [0.3, 0.4) is 0 Å². The summed E-state index contributed by atoms with van der Waals surface area (Å²) in [7, 11) is 0. The predicted octanol–water partition coefficient (Wildman–Crippen LogP) is 4.61. The molecule has 9 heteroatoms. The van der Waals surface area contributed by atoms with Crippen molar-refractivity contribution in [2.75, 3.05) is 11.9 Å². The van der Waals surface area contributed by atoms with Crippen molar-refractivity contribution in [1.29, 1.82) is 0 Å². The molecule has 1 atom stereocenters. The fourth-order valence-electron chi connectivity index (χ4n) is 3.39. The van der Waals surface area contributed by atoms with Crippen LogP contribution in [0, 0.1) is 13.8 Å². The van der Waals surface area contributed by atoms with Crippen LogP contribution in [-0.4, -0.2) is 33.6 Å². The highest BCUT2D eigenvalue weighted by Gasteiger charge is 2.14. The molecule has 34 heavy (non-hydrogen) atoms. The minimum Gasteiger partial charge on any atom is -0.488 e. The molecule has 174 valence electrons. The zero-order chi connectivity index (χ0) is 24.1. The lowest BCUT2D eigenvalue weighted by Gasteiger charge is -2.18. The number of pyridine rings is 1. The van der Waals surface area contributed by atoms with Gasteiger partial charge in [0.1, 0.15) is 35.5 Å². The molecule has 4 rings (SSSR count). The summed E-state index contributed by atoms with van der Waals surface area (Å²) >= 11 is 0. The minimum atomic E-state index is -0.597. The molecular weight excluding hydrogens is 432 g/mol. The molecule has 2 heterocycles. The fraction of sp³-hybridized carbons (Fsp3) is 0.200. The predicted molar refractivity (Wildman–Crippen MR) is 131 cm³/mol. The second-order valence-electron chi connectivity index (χ2n) is 7.89. The van der Waals surface area contributed by atoms with Crippen LogP contribution < -0.4 is 25.8 Å². The maximum absolute atomic E-state index is 11.0. The number of anilines is 2. The lowest BCUT2D eigenvalue weighted by atomic mass is 10.1. The fourth-order valence-corrected chi connectivity index (χ4v) is 3.39. The standard InChI is InChI=1S/C25H26N6O3/c1-15-11-18(8-10-21(15)34-19-9-7-16(2)27-13-19)31-24-23-20(29-14-30-24)5-4-6-22(23)33-17(3)12-28-25(26)32/h4-11,13-14,17H,12H2,1-3H3,(H3,26,28,32)(H,29,30,31)/t17-/m1/s1. The van der Waals surface area contributed by atoms with Crippen molar-refractivity contribution in [3.8, 4) is 17.2 Å². The Morgan fingerprint density at radius 2 is 1.91 bits per heavy atom. The van der Waals surface area contributed by atoms with Crippen LogP contribution in [-0.2, 0) is 0 Å². The number of benzene rings is 2. The van der Waals surface area contributed by atoms with E-state index in [0.717, 1.165) is 33.6 Å². The zero-order valence-electron chi connectivity index (χ0n) is 19.2. The third-order valence-corrected chi connectivity index (χ3v) is 5.07. The van der Waals surface area contributed by atoms with Gasteiger partial charge in [-0.1, -0.05) is 6.07 Å². The molecule has 9 nitrogen and oxygen atoms in total. The van der Waals surface area contributed by atoms with Gasteiger partial charge in [-0.25, -0.2) is 14.8 Å². The van der Waals surface area contributed by atoms with Crippen LogP contribution in [0.5, 0.6) is 17.2 Å². The largest absolute Gasteiger partial charge is 0.488 e. The van der Waals surface area contributed by atoms with Gasteiger partial charge >= 0.3 is 6.03 Å². The molecule has 0 radical (unpaired) electrons. The first-order chi connectivity index (χ1) is 16.4. The maximum Gasteiger partial charge on any atom is 0.312 e. The van der Waals surface area contributed by atoms with Crippen molar-refractivity contribution < 1.29 is 14.3 Å². The van der Waals surface area contributed by atoms with E-state index in [9.17, 15) is 4.79 Å². The molecule has 0 saturated carbocycles. The molecule has 0 bridgehead atoms. The van der Waals surface area contributed by atoms with Gasteiger partial charge in [0.15, 0.2) is 0 Å². The molecule has 0 saturated heterocycles. The van der Waals surface area contributed by atoms with Gasteiger partial charge in [-0.3, -0.25) is 4.98 Å². The second-order valence-corrected chi connectivity index (χ2v) is 7.89. The summed E-state index contributed by atoms with van der Waals surface area (Å²) in [5.41, 5.74) is 8.61. The molecule has 0 aliphatic carbocycles. The van der Waals surface area contributed by atoms with Gasteiger partial charge in [0.25, 0.3) is 0 Å². The summed E-state index contributed by atoms with van der Waals surface area (Å²) in [5, 5.41) is 6.65. The average molecular weight is 459 g/mol. The van der Waals surface area contributed by atoms with Crippen molar-refractivity contribution >= 4 is 28.4 Å². The van der Waals surface area contributed by atoms with Crippen LogP contribution >= 0.6 is 0 Å². The highest BCUT2D eigenvalue weighted by Crippen LogP contribution is 2.33. The van der Waals surface area contributed by atoms with Gasteiger partial charge in [0, 0.05) is 11.4 Å². The normalized spacial score (nSPS) is 11.6. The Morgan fingerprint density at radius 1 is 1.06 bits per heavy atom. The molecule has 0 aliphatic rings. The lowest BCUT2D eigenvalue weighted by Crippen LogP contribution is -2.36. The van der Waals surface area contributed by atoms with E-state index in [1.807, 2.05) is 69.3 Å². The second kappa shape index (κ2) is 10.0. The van der Waals surface area contributed by atoms with E-state index in [0.29, 0.717) is 17.3 Å². The van der Waals surface area contributed by atoms with Crippen molar-refractivity contribution in [2.24, 2.45) is 5.73 Å². The molecule has 0 fully saturated rings. The third kappa shape index (κ3) is 5.50. The van der Waals surface area contributed by atoms with Gasteiger partial charge in [-0.15, -0.1) is 0 Å². The minimum absolute atomic E-state index is 0.277. The van der Waals surface area contributed by atoms with E-state index in [-0.39, 0.29) is 12.6 Å². The number of rotatable bonds is 8. The van der Waals surface area contributed by atoms with Crippen LogP contribution in [0.2, 0.25) is 0 Å². The van der Waals surface area contributed by atoms with Crippen LogP contribution in [0.15, 0.2) is 61.1 Å². The van der Waals surface area contributed by atoms with Crippen molar-refractivity contribution in [1.82, 2.24) is 20.3 Å². The van der Waals surface area contributed by atoms with Crippen molar-refractivity contribution in [3.63, 3.8) is 0 Å². The van der Waals surface area contributed by atoms with Gasteiger partial charge in [-0.2, -0.15) is 0 Å². The monoisotopic (exact) mass is 458 g/mol. The first-order valence-corrected chi connectivity index (χ1v) is 10.8. The Bertz CT molecular complexity index is 1300. The van der Waals surface area contributed by atoms with Crippen LogP contribution in [0.25, 0.3) is 10.9 Å². The Morgan fingerprint density at radius 3 is 2.65 bits per heavy atom. The molecule has 4 aromatic rings. The van der Waals surface area contributed by atoms with Gasteiger partial charge in [-0.05, 0) is 68.8 Å². The maximum atomic E-state index is 11.0. The molecule has 2 amide bonds. The molecule has 0 aliphatic heterocycles. The molecular formula is C25H26N6O3. The number of nitrogens with zero attached hydrogens (tertiary/aromatic N) is 3. The molecule has 0 spiro atoms. The van der Waals surface area contributed by atoms with E-state index in [1.165, 1.54) is 6.33 Å². The van der Waals surface area contributed by atoms with Crippen LogP contribution in [0.4, 0.5) is 16.3 Å². The van der Waals surface area contributed by atoms with Crippen molar-refractivity contribution in [2.45, 2.75) is 26.9 Å². The number of carbonyl (C=O) groups excluding carboxylic acids is 1. The van der Waals surface area contributed by atoms with E-state index >= 15 is 0 Å². The topological polar surface area (TPSA) is 124 Å². The number of primary amides is 1. The number of amides is 2. The smallest absolute Gasteiger partial charge is 0.312 e. The van der Waals surface area contributed by atoms with E-state index in [1.54, 1.807) is 6.20 Å². The SMILES string of the molecule is Cc1ccc(Oc2ccc(Nc3ncnc4cccc(O[C@H](C)CNC(N)=O)c34)cc2C)cn1. The summed E-state index contributed by atoms with van der Waals surface area (Å²) in [5.74, 6) is 2.62. The number of nitrogens with two attached hydrogens (primary N) is 1. The van der Waals surface area contributed by atoms with Crippen molar-refractivity contribution in [3.05, 3.63) is 72.3 Å². The Kier molecular flexibility index (Phi) is 6.72. The summed E-state index contributed by atoms with van der Waals surface area (Å²) in [6.07, 6.45) is 2.90. The summed E-state index contributed by atoms with van der Waals surface area (Å²) < 4.78 is 12.0. The number of urea groups is 1. The van der Waals surface area contributed by atoms with E-state index in [2.05, 4.69) is 25.6 Å². The Balaban J connectivity index is 1.57. The number of aromatic nitrogens is 3. The summed E-state index contributed by atoms with van der Waals surface area (Å²) in [4.78, 5) is 24.1. The van der Waals surface area contributed by atoms with Gasteiger partial charge in [0.05, 0.1) is 23.6 Å². The average Bonchev–Trinajstić information content (AvgIpc) is 2.81. The first-order valence-electron chi connectivity index (χ1n) is 10.8. The highest BCUT2D eigenvalue weighted by molar-refractivity contribution is 5.95. The Labute approximate surface area is 197 Å². The number of nitrogens with one attached hydrogen (secondary N) is 2. The van der Waals surface area contributed by atoms with E-state index < -0.39 is 6.03 Å². The summed E-state index contributed by atoms with van der Waals surface area (Å²) in [6.45, 7) is 6.03. The van der Waals surface area contributed by atoms with Crippen LogP contribution in [0.1, 0.15) is 18.2 Å². The molecule has 2 aromatic carbocycles. The quantitative estimate of drug-likeness (QED) is 0.352. The Hall–Kier alpha value is -4.40. The first kappa shape index (κ1) is 22.8. The van der Waals surface area contributed by atoms with Gasteiger partial charge in [0.2, 0.25) is 0 Å². The lowest BCUT2D eigenvalue weighted by molar-refractivity contribution is 0.213. The molecule has 0 unspecified atom stereocenters. The number of fused-ring (bicyclic) bond motifs is 1. The summed E-state index contributed by atoms with van der Waals surface area (Å²) in [6, 6.07) is 14.6. The van der Waals surface area contributed by atoms with Gasteiger partial charge < -0.3 is 25.8 Å². The number of hydrogen-bond acceptors (Lipinski definition) is 7.